The number of hydrogen-bond acceptors (Lipinski definition) is 4. The lowest BCUT2D eigenvalue weighted by molar-refractivity contribution is 0.318. The van der Waals surface area contributed by atoms with Gasteiger partial charge in [-0.2, -0.15) is 0 Å². The number of hydrogen-bond donors (Lipinski definition) is 2. The Kier molecular flexibility index (Phi) is 7.59. The molecule has 254 valence electrons. The number of rotatable bonds is 4. The van der Waals surface area contributed by atoms with Crippen LogP contribution in [-0.2, 0) is 5.41 Å². The number of amidine groups is 1. The molecule has 0 bridgehead atoms. The van der Waals surface area contributed by atoms with Gasteiger partial charge < -0.3 is 5.32 Å². The number of fused-ring (bicyclic) bond motifs is 8. The molecule has 4 aliphatic rings. The first-order valence-electron chi connectivity index (χ1n) is 18.6. The molecule has 0 radical (unpaired) electrons. The standard InChI is InChI=1S/C48H41N3S/c1-48(2)41-20-10-11-21-42(41)52-43-22-12-19-39(44(43)48)47-50-45(31-13-4-3-5-14-31)49-46(51-47)32-25-23-30(24-26-32)33-27-28-38-36-17-7-6-15-34(36)35-16-8-9-18-37(35)40(38)29-33/h3-4,6-13,15-29,43-45,47,50H,5,14H2,1-2H3,(H,49,51). The molecule has 0 saturated heterocycles. The topological polar surface area (TPSA) is 36.4 Å². The zero-order valence-electron chi connectivity index (χ0n) is 29.5. The Morgan fingerprint density at radius 2 is 1.33 bits per heavy atom. The highest BCUT2D eigenvalue weighted by molar-refractivity contribution is 8.00. The van der Waals surface area contributed by atoms with Crippen molar-refractivity contribution in [1.82, 2.24) is 10.6 Å². The number of allylic oxidation sites excluding steroid dienone is 5. The summed E-state index contributed by atoms with van der Waals surface area (Å²) in [6, 6.07) is 42.5. The van der Waals surface area contributed by atoms with Crippen molar-refractivity contribution in [3.8, 4) is 11.1 Å². The van der Waals surface area contributed by atoms with Crippen LogP contribution in [0.2, 0.25) is 0 Å². The molecule has 52 heavy (non-hydrogen) atoms. The first kappa shape index (κ1) is 31.6. The first-order valence-corrected chi connectivity index (χ1v) is 19.5. The Hall–Kier alpha value is -5.16. The second-order valence-electron chi connectivity index (χ2n) is 15.1. The van der Waals surface area contributed by atoms with Gasteiger partial charge in [-0.05, 0) is 90.5 Å². The summed E-state index contributed by atoms with van der Waals surface area (Å²) >= 11 is 2.00. The molecule has 2 aliphatic carbocycles. The summed E-state index contributed by atoms with van der Waals surface area (Å²) in [5.41, 5.74) is 7.68. The van der Waals surface area contributed by atoms with E-state index in [-0.39, 0.29) is 17.7 Å². The van der Waals surface area contributed by atoms with Crippen LogP contribution < -0.4 is 10.6 Å². The van der Waals surface area contributed by atoms with Crippen LogP contribution in [0, 0.1) is 5.92 Å². The lowest BCUT2D eigenvalue weighted by Crippen LogP contribution is -2.59. The second-order valence-corrected chi connectivity index (χ2v) is 16.3. The Labute approximate surface area is 309 Å². The van der Waals surface area contributed by atoms with Gasteiger partial charge in [0, 0.05) is 21.6 Å². The summed E-state index contributed by atoms with van der Waals surface area (Å²) in [7, 11) is 0. The number of benzene rings is 6. The van der Waals surface area contributed by atoms with Gasteiger partial charge >= 0.3 is 0 Å². The van der Waals surface area contributed by atoms with Crippen molar-refractivity contribution < 1.29 is 0 Å². The lowest BCUT2D eigenvalue weighted by Gasteiger charge is -2.49. The predicted octanol–water partition coefficient (Wildman–Crippen LogP) is 11.2. The summed E-state index contributed by atoms with van der Waals surface area (Å²) in [5.74, 6) is 1.28. The third kappa shape index (κ3) is 5.19. The van der Waals surface area contributed by atoms with Gasteiger partial charge in [0.05, 0.1) is 0 Å². The van der Waals surface area contributed by atoms with E-state index in [2.05, 4.69) is 176 Å². The Morgan fingerprint density at radius 1 is 0.673 bits per heavy atom. The molecule has 0 fully saturated rings. The van der Waals surface area contributed by atoms with Crippen molar-refractivity contribution in [2.45, 2.75) is 54.6 Å². The molecule has 0 spiro atoms. The quantitative estimate of drug-likeness (QED) is 0.181. The van der Waals surface area contributed by atoms with Gasteiger partial charge in [0.1, 0.15) is 18.2 Å². The van der Waals surface area contributed by atoms with E-state index >= 15 is 0 Å². The van der Waals surface area contributed by atoms with Crippen LogP contribution in [0.4, 0.5) is 0 Å². The number of thioether (sulfide) groups is 1. The summed E-state index contributed by atoms with van der Waals surface area (Å²) < 4.78 is 0. The minimum Gasteiger partial charge on any atom is -0.351 e. The molecular formula is C48H41N3S. The lowest BCUT2D eigenvalue weighted by atomic mass is 9.66. The largest absolute Gasteiger partial charge is 0.351 e. The van der Waals surface area contributed by atoms with Crippen molar-refractivity contribution in [3.05, 3.63) is 174 Å². The van der Waals surface area contributed by atoms with Gasteiger partial charge in [-0.15, -0.1) is 11.8 Å². The van der Waals surface area contributed by atoms with Crippen LogP contribution in [0.5, 0.6) is 0 Å². The molecular weight excluding hydrogens is 651 g/mol. The Morgan fingerprint density at radius 3 is 2.06 bits per heavy atom. The van der Waals surface area contributed by atoms with E-state index in [4.69, 9.17) is 4.99 Å². The Balaban J connectivity index is 1.01. The molecule has 0 amide bonds. The van der Waals surface area contributed by atoms with Gasteiger partial charge in [0.15, 0.2) is 0 Å². The minimum absolute atomic E-state index is 0.0251. The molecule has 0 aromatic heterocycles. The SMILES string of the molecule is CC1(C)c2ccccc2SC2C=CC=C(C3NC(c4ccc(-c5ccc6c7ccccc7c7ccccc7c6c5)cc4)=NC(C4=CC=CCC4)N3)C21. The smallest absolute Gasteiger partial charge is 0.131 e. The zero-order valence-corrected chi connectivity index (χ0v) is 30.3. The van der Waals surface area contributed by atoms with Crippen LogP contribution in [0.3, 0.4) is 0 Å². The maximum Gasteiger partial charge on any atom is 0.131 e. The fourth-order valence-corrected chi connectivity index (χ4v) is 10.8. The molecule has 4 heteroatoms. The Bertz CT molecular complexity index is 2520. The van der Waals surface area contributed by atoms with E-state index < -0.39 is 0 Å². The van der Waals surface area contributed by atoms with Crippen LogP contribution in [0.15, 0.2) is 173 Å². The molecule has 6 aromatic carbocycles. The number of aliphatic imine (C=N–C) groups is 1. The minimum atomic E-state index is -0.0913. The van der Waals surface area contributed by atoms with Crippen LogP contribution in [0.1, 0.15) is 37.8 Å². The van der Waals surface area contributed by atoms with Crippen LogP contribution >= 0.6 is 11.8 Å². The van der Waals surface area contributed by atoms with Crippen molar-refractivity contribution in [1.29, 1.82) is 0 Å². The van der Waals surface area contributed by atoms with Crippen molar-refractivity contribution in [2.24, 2.45) is 10.9 Å². The third-order valence-electron chi connectivity index (χ3n) is 11.7. The summed E-state index contributed by atoms with van der Waals surface area (Å²) in [4.78, 5) is 6.74. The van der Waals surface area contributed by atoms with Crippen molar-refractivity contribution >= 4 is 49.9 Å². The maximum atomic E-state index is 5.35. The molecule has 0 saturated carbocycles. The average molecular weight is 692 g/mol. The van der Waals surface area contributed by atoms with Gasteiger partial charge in [-0.3, -0.25) is 5.32 Å². The molecule has 2 heterocycles. The second kappa shape index (κ2) is 12.5. The monoisotopic (exact) mass is 691 g/mol. The summed E-state index contributed by atoms with van der Waals surface area (Å²) in [6.07, 6.45) is 15.7. The van der Waals surface area contributed by atoms with Crippen LogP contribution in [0.25, 0.3) is 43.4 Å². The third-order valence-corrected chi connectivity index (χ3v) is 13.0. The zero-order chi connectivity index (χ0) is 34.8. The summed E-state index contributed by atoms with van der Waals surface area (Å²) in [5, 5.41) is 16.0. The molecule has 10 rings (SSSR count). The highest BCUT2D eigenvalue weighted by Gasteiger charge is 2.47. The van der Waals surface area contributed by atoms with Gasteiger partial charge in [-0.25, -0.2) is 4.99 Å². The van der Waals surface area contributed by atoms with Crippen LogP contribution in [-0.4, -0.2) is 23.4 Å². The highest BCUT2D eigenvalue weighted by atomic mass is 32.2. The molecule has 3 nitrogen and oxygen atoms in total. The fourth-order valence-electron chi connectivity index (χ4n) is 9.13. The highest BCUT2D eigenvalue weighted by Crippen LogP contribution is 2.53. The van der Waals surface area contributed by atoms with E-state index in [0.717, 1.165) is 24.2 Å². The average Bonchev–Trinajstić information content (AvgIpc) is 3.21. The maximum absolute atomic E-state index is 5.35. The molecule has 4 atom stereocenters. The molecule has 2 aliphatic heterocycles. The summed E-state index contributed by atoms with van der Waals surface area (Å²) in [6.45, 7) is 4.85. The van der Waals surface area contributed by atoms with Crippen molar-refractivity contribution in [2.75, 3.05) is 0 Å². The number of nitrogens with zero attached hydrogens (tertiary/aromatic N) is 1. The molecule has 2 N–H and O–H groups in total. The van der Waals surface area contributed by atoms with Gasteiger partial charge in [-0.1, -0.05) is 153 Å². The van der Waals surface area contributed by atoms with Gasteiger partial charge in [0.2, 0.25) is 0 Å². The predicted molar refractivity (Wildman–Crippen MR) is 221 cm³/mol. The van der Waals surface area contributed by atoms with E-state index in [0.29, 0.717) is 11.2 Å². The fraction of sp³-hybridized carbons (Fsp3) is 0.188. The van der Waals surface area contributed by atoms with E-state index in [1.54, 1.807) is 0 Å². The molecule has 4 unspecified atom stereocenters. The first-order chi connectivity index (χ1) is 25.5. The van der Waals surface area contributed by atoms with E-state index in [1.807, 2.05) is 11.8 Å². The normalized spacial score (nSPS) is 23.4. The van der Waals surface area contributed by atoms with E-state index in [1.165, 1.54) is 65.0 Å². The number of nitrogens with one attached hydrogen (secondary N) is 2. The van der Waals surface area contributed by atoms with Crippen molar-refractivity contribution in [3.63, 3.8) is 0 Å². The van der Waals surface area contributed by atoms with E-state index in [9.17, 15) is 0 Å². The molecule has 6 aromatic rings. The van der Waals surface area contributed by atoms with Gasteiger partial charge in [0.25, 0.3) is 0 Å².